The van der Waals surface area contributed by atoms with Gasteiger partial charge in [0.05, 0.1) is 31.6 Å². The molecule has 6 heteroatoms. The summed E-state index contributed by atoms with van der Waals surface area (Å²) in [6, 6.07) is 6.31. The monoisotopic (exact) mass is 331 g/mol. The minimum absolute atomic E-state index is 0.173. The second-order valence-electron chi connectivity index (χ2n) is 6.06. The van der Waals surface area contributed by atoms with Crippen LogP contribution < -0.4 is 19.5 Å². The molecule has 6 nitrogen and oxygen atoms in total. The van der Waals surface area contributed by atoms with Gasteiger partial charge in [0, 0.05) is 26.1 Å². The van der Waals surface area contributed by atoms with E-state index in [-0.39, 0.29) is 6.04 Å². The van der Waals surface area contributed by atoms with Crippen molar-refractivity contribution in [3.63, 3.8) is 0 Å². The van der Waals surface area contributed by atoms with Gasteiger partial charge in [-0.15, -0.1) is 0 Å². The van der Waals surface area contributed by atoms with Gasteiger partial charge >= 0.3 is 0 Å². The van der Waals surface area contributed by atoms with E-state index >= 15 is 0 Å². The number of methoxy groups -OCH3 is 1. The van der Waals surface area contributed by atoms with Crippen LogP contribution in [0.1, 0.15) is 36.2 Å². The second-order valence-corrected chi connectivity index (χ2v) is 6.06. The van der Waals surface area contributed by atoms with Crippen molar-refractivity contribution >= 4 is 0 Å². The zero-order chi connectivity index (χ0) is 17.1. The summed E-state index contributed by atoms with van der Waals surface area (Å²) >= 11 is 0. The summed E-state index contributed by atoms with van der Waals surface area (Å²) in [7, 11) is 3.57. The van der Waals surface area contributed by atoms with Gasteiger partial charge in [-0.05, 0) is 31.5 Å². The van der Waals surface area contributed by atoms with Crippen LogP contribution in [-0.2, 0) is 13.6 Å². The zero-order valence-corrected chi connectivity index (χ0v) is 14.8. The summed E-state index contributed by atoms with van der Waals surface area (Å²) in [5.41, 5.74) is 3.23. The Kier molecular flexibility index (Phi) is 4.94. The predicted molar refractivity (Wildman–Crippen MR) is 91.8 cm³/mol. The van der Waals surface area contributed by atoms with E-state index in [2.05, 4.69) is 29.5 Å². The molecule has 0 radical (unpaired) electrons. The Morgan fingerprint density at radius 2 is 2.04 bits per heavy atom. The Morgan fingerprint density at radius 3 is 2.79 bits per heavy atom. The molecule has 1 aromatic carbocycles. The molecule has 0 unspecified atom stereocenters. The van der Waals surface area contributed by atoms with E-state index in [0.717, 1.165) is 35.1 Å². The smallest absolute Gasteiger partial charge is 0.216 e. The lowest BCUT2D eigenvalue weighted by atomic mass is 10.1. The lowest BCUT2D eigenvalue weighted by Crippen LogP contribution is -2.19. The molecule has 0 saturated carbocycles. The number of aromatic nitrogens is 2. The van der Waals surface area contributed by atoms with Gasteiger partial charge in [-0.25, -0.2) is 4.68 Å². The Morgan fingerprint density at radius 1 is 1.29 bits per heavy atom. The number of ether oxygens (including phenoxy) is 3. The van der Waals surface area contributed by atoms with E-state index in [1.807, 2.05) is 20.0 Å². The lowest BCUT2D eigenvalue weighted by molar-refractivity contribution is 0.297. The number of hydrogen-bond donors (Lipinski definition) is 1. The molecule has 2 heterocycles. The van der Waals surface area contributed by atoms with Crippen LogP contribution in [0.2, 0.25) is 0 Å². The highest BCUT2D eigenvalue weighted by Gasteiger charge is 2.17. The molecule has 130 valence electrons. The SMILES string of the molecule is COc1c(CN[C@H](C)c2ccc3c(c2)OCCCO3)c(C)nn1C. The molecule has 0 fully saturated rings. The molecule has 0 aliphatic carbocycles. The maximum absolute atomic E-state index is 5.77. The van der Waals surface area contributed by atoms with Gasteiger partial charge in [-0.2, -0.15) is 5.10 Å². The molecule has 0 spiro atoms. The second kappa shape index (κ2) is 7.13. The van der Waals surface area contributed by atoms with Gasteiger partial charge in [0.25, 0.3) is 0 Å². The van der Waals surface area contributed by atoms with Crippen molar-refractivity contribution in [3.8, 4) is 17.4 Å². The maximum atomic E-state index is 5.77. The van der Waals surface area contributed by atoms with Crippen LogP contribution in [0.5, 0.6) is 17.4 Å². The van der Waals surface area contributed by atoms with Crippen molar-refractivity contribution in [2.75, 3.05) is 20.3 Å². The number of aryl methyl sites for hydroxylation is 2. The average molecular weight is 331 g/mol. The quantitative estimate of drug-likeness (QED) is 0.913. The van der Waals surface area contributed by atoms with Gasteiger partial charge < -0.3 is 19.5 Å². The van der Waals surface area contributed by atoms with Crippen LogP contribution in [0.25, 0.3) is 0 Å². The fourth-order valence-electron chi connectivity index (χ4n) is 2.96. The summed E-state index contributed by atoms with van der Waals surface area (Å²) in [5, 5.41) is 7.95. The van der Waals surface area contributed by atoms with E-state index < -0.39 is 0 Å². The van der Waals surface area contributed by atoms with E-state index in [9.17, 15) is 0 Å². The third-order valence-electron chi connectivity index (χ3n) is 4.34. The Labute approximate surface area is 142 Å². The molecule has 3 rings (SSSR count). The van der Waals surface area contributed by atoms with Crippen LogP contribution in [0, 0.1) is 6.92 Å². The number of nitrogens with zero attached hydrogens (tertiary/aromatic N) is 2. The predicted octanol–water partition coefficient (Wildman–Crippen LogP) is 2.75. The Bertz CT molecular complexity index is 712. The number of rotatable bonds is 5. The molecule has 0 saturated heterocycles. The van der Waals surface area contributed by atoms with Crippen LogP contribution in [-0.4, -0.2) is 30.1 Å². The largest absolute Gasteiger partial charge is 0.490 e. The fourth-order valence-corrected chi connectivity index (χ4v) is 2.96. The highest BCUT2D eigenvalue weighted by molar-refractivity contribution is 5.44. The van der Waals surface area contributed by atoms with Crippen molar-refractivity contribution in [2.45, 2.75) is 32.9 Å². The highest BCUT2D eigenvalue weighted by Crippen LogP contribution is 2.32. The Balaban J connectivity index is 1.71. The molecule has 1 atom stereocenters. The molecule has 1 aliphatic heterocycles. The Hall–Kier alpha value is -2.21. The van der Waals surface area contributed by atoms with Crippen molar-refractivity contribution in [3.05, 3.63) is 35.0 Å². The first kappa shape index (κ1) is 16.6. The van der Waals surface area contributed by atoms with Crippen LogP contribution >= 0.6 is 0 Å². The number of benzene rings is 1. The first-order valence-electron chi connectivity index (χ1n) is 8.29. The average Bonchev–Trinajstić information content (AvgIpc) is 2.75. The van der Waals surface area contributed by atoms with Crippen molar-refractivity contribution in [1.29, 1.82) is 0 Å². The molecular weight excluding hydrogens is 306 g/mol. The third kappa shape index (κ3) is 3.33. The third-order valence-corrected chi connectivity index (χ3v) is 4.34. The van der Waals surface area contributed by atoms with Gasteiger partial charge in [0.15, 0.2) is 11.5 Å². The molecule has 0 amide bonds. The van der Waals surface area contributed by atoms with Gasteiger partial charge in [-0.1, -0.05) is 6.07 Å². The van der Waals surface area contributed by atoms with Crippen LogP contribution in [0.3, 0.4) is 0 Å². The van der Waals surface area contributed by atoms with E-state index in [1.165, 1.54) is 5.56 Å². The first-order valence-corrected chi connectivity index (χ1v) is 8.29. The molecule has 0 bridgehead atoms. The molecule has 1 N–H and O–H groups in total. The molecule has 2 aromatic rings. The molecule has 1 aromatic heterocycles. The maximum Gasteiger partial charge on any atom is 0.216 e. The zero-order valence-electron chi connectivity index (χ0n) is 14.8. The minimum atomic E-state index is 0.173. The summed E-state index contributed by atoms with van der Waals surface area (Å²) in [6.07, 6.45) is 0.915. The number of hydrogen-bond acceptors (Lipinski definition) is 5. The van der Waals surface area contributed by atoms with Gasteiger partial charge in [0.1, 0.15) is 0 Å². The lowest BCUT2D eigenvalue weighted by Gasteiger charge is -2.17. The summed E-state index contributed by atoms with van der Waals surface area (Å²) in [4.78, 5) is 0. The van der Waals surface area contributed by atoms with E-state index in [0.29, 0.717) is 19.8 Å². The normalized spacial score (nSPS) is 15.0. The van der Waals surface area contributed by atoms with Crippen molar-refractivity contribution in [2.24, 2.45) is 7.05 Å². The summed E-state index contributed by atoms with van der Waals surface area (Å²) in [6.45, 7) is 6.23. The van der Waals surface area contributed by atoms with Crippen LogP contribution in [0.15, 0.2) is 18.2 Å². The van der Waals surface area contributed by atoms with Crippen molar-refractivity contribution in [1.82, 2.24) is 15.1 Å². The van der Waals surface area contributed by atoms with Crippen molar-refractivity contribution < 1.29 is 14.2 Å². The molecular formula is C18H25N3O3. The number of nitrogens with one attached hydrogen (secondary N) is 1. The fraction of sp³-hybridized carbons (Fsp3) is 0.500. The van der Waals surface area contributed by atoms with E-state index in [4.69, 9.17) is 14.2 Å². The van der Waals surface area contributed by atoms with E-state index in [1.54, 1.807) is 11.8 Å². The molecule has 24 heavy (non-hydrogen) atoms. The van der Waals surface area contributed by atoms with Gasteiger partial charge in [-0.3, -0.25) is 0 Å². The summed E-state index contributed by atoms with van der Waals surface area (Å²) in [5.74, 6) is 2.45. The summed E-state index contributed by atoms with van der Waals surface area (Å²) < 4.78 is 18.7. The first-order chi connectivity index (χ1) is 11.6. The highest BCUT2D eigenvalue weighted by atomic mass is 16.5. The standard InChI is InChI=1S/C18H25N3O3/c1-12(19-11-15-13(2)20-21(3)18(15)22-4)14-6-7-16-17(10-14)24-9-5-8-23-16/h6-7,10,12,19H,5,8-9,11H2,1-4H3/t12-/m1/s1. The number of fused-ring (bicyclic) bond motifs is 1. The minimum Gasteiger partial charge on any atom is -0.490 e. The van der Waals surface area contributed by atoms with Gasteiger partial charge in [0.2, 0.25) is 5.88 Å². The molecule has 1 aliphatic rings. The van der Waals surface area contributed by atoms with Crippen LogP contribution in [0.4, 0.5) is 0 Å². The topological polar surface area (TPSA) is 57.5 Å².